The fraction of sp³-hybridized carbons (Fsp3) is 0.200. The van der Waals surface area contributed by atoms with Crippen molar-refractivity contribution >= 4 is 12.5 Å². The first-order valence-corrected chi connectivity index (χ1v) is 6.56. The van der Waals surface area contributed by atoms with Gasteiger partial charge in [0.25, 0.3) is 0 Å². The zero-order valence-electron chi connectivity index (χ0n) is 12.5. The van der Waals surface area contributed by atoms with Gasteiger partial charge in [-0.2, -0.15) is 5.10 Å². The number of pyridine rings is 2. The molecule has 2 N–H and O–H groups in total. The molecule has 114 valence electrons. The summed E-state index contributed by atoms with van der Waals surface area (Å²) in [6.45, 7) is 5.09. The Bertz CT molecular complexity index is 780. The molecule has 0 saturated heterocycles. The fourth-order valence-electron chi connectivity index (χ4n) is 1.99. The molecular weight excluding hydrogens is 282 g/mol. The number of aromatic nitrogens is 2. The molecule has 0 saturated carbocycles. The van der Waals surface area contributed by atoms with E-state index in [1.165, 1.54) is 24.9 Å². The lowest BCUT2D eigenvalue weighted by Gasteiger charge is -2.10. The first kappa shape index (κ1) is 15.6. The Morgan fingerprint density at radius 1 is 1.50 bits per heavy atom. The SMILES string of the molecule is C=Nn1ccc(-c2cc(C(C)=O)cnc2OC)c/c1=N/CN. The molecule has 0 aliphatic heterocycles. The summed E-state index contributed by atoms with van der Waals surface area (Å²) in [6.07, 6.45) is 3.20. The monoisotopic (exact) mass is 299 g/mol. The van der Waals surface area contributed by atoms with Crippen LogP contribution >= 0.6 is 0 Å². The van der Waals surface area contributed by atoms with E-state index < -0.39 is 0 Å². The van der Waals surface area contributed by atoms with Crippen LogP contribution in [0.5, 0.6) is 5.88 Å². The molecule has 0 aliphatic rings. The van der Waals surface area contributed by atoms with Crippen molar-refractivity contribution in [1.29, 1.82) is 0 Å². The van der Waals surface area contributed by atoms with Crippen LogP contribution in [0.2, 0.25) is 0 Å². The minimum absolute atomic E-state index is 0.0676. The molecule has 7 heteroatoms. The fourth-order valence-corrected chi connectivity index (χ4v) is 1.99. The van der Waals surface area contributed by atoms with Crippen LogP contribution in [-0.4, -0.2) is 35.9 Å². The van der Waals surface area contributed by atoms with E-state index in [4.69, 9.17) is 10.5 Å². The average Bonchev–Trinajstić information content (AvgIpc) is 2.54. The van der Waals surface area contributed by atoms with Gasteiger partial charge in [0.15, 0.2) is 11.3 Å². The summed E-state index contributed by atoms with van der Waals surface area (Å²) in [4.78, 5) is 19.9. The number of ether oxygens (including phenoxy) is 1. The lowest BCUT2D eigenvalue weighted by atomic mass is 10.1. The summed E-state index contributed by atoms with van der Waals surface area (Å²) in [5.74, 6) is 0.357. The predicted octanol–water partition coefficient (Wildman–Crippen LogP) is 1.04. The maximum atomic E-state index is 11.6. The van der Waals surface area contributed by atoms with Crippen LogP contribution in [0.1, 0.15) is 17.3 Å². The van der Waals surface area contributed by atoms with Gasteiger partial charge in [0.05, 0.1) is 13.8 Å². The third-order valence-corrected chi connectivity index (χ3v) is 3.08. The minimum Gasteiger partial charge on any atom is -0.481 e. The van der Waals surface area contributed by atoms with Crippen molar-refractivity contribution in [3.05, 3.63) is 41.6 Å². The second kappa shape index (κ2) is 6.77. The molecule has 7 nitrogen and oxygen atoms in total. The molecule has 0 unspecified atom stereocenters. The maximum absolute atomic E-state index is 11.6. The predicted molar refractivity (Wildman–Crippen MR) is 83.8 cm³/mol. The van der Waals surface area contributed by atoms with Crippen LogP contribution in [0.4, 0.5) is 0 Å². The molecule has 0 aliphatic carbocycles. The summed E-state index contributed by atoms with van der Waals surface area (Å²) >= 11 is 0. The molecule has 0 amide bonds. The van der Waals surface area contributed by atoms with E-state index in [9.17, 15) is 4.79 Å². The summed E-state index contributed by atoms with van der Waals surface area (Å²) in [6, 6.07) is 5.33. The van der Waals surface area contributed by atoms with Crippen molar-refractivity contribution in [2.45, 2.75) is 6.92 Å². The van der Waals surface area contributed by atoms with Crippen molar-refractivity contribution in [3.8, 4) is 17.0 Å². The van der Waals surface area contributed by atoms with Gasteiger partial charge in [0.1, 0.15) is 0 Å². The quantitative estimate of drug-likeness (QED) is 0.659. The van der Waals surface area contributed by atoms with E-state index in [0.29, 0.717) is 22.5 Å². The Morgan fingerprint density at radius 2 is 2.27 bits per heavy atom. The van der Waals surface area contributed by atoms with Gasteiger partial charge in [-0.15, -0.1) is 0 Å². The van der Waals surface area contributed by atoms with Gasteiger partial charge in [-0.3, -0.25) is 9.79 Å². The van der Waals surface area contributed by atoms with Gasteiger partial charge in [-0.25, -0.2) is 9.66 Å². The van der Waals surface area contributed by atoms with Crippen molar-refractivity contribution in [3.63, 3.8) is 0 Å². The Balaban J connectivity index is 2.67. The molecule has 0 radical (unpaired) electrons. The molecule has 2 aromatic rings. The number of methoxy groups -OCH3 is 1. The summed E-state index contributed by atoms with van der Waals surface area (Å²) in [5, 5.41) is 3.83. The summed E-state index contributed by atoms with van der Waals surface area (Å²) in [7, 11) is 1.53. The lowest BCUT2D eigenvalue weighted by Crippen LogP contribution is -2.18. The number of rotatable bonds is 5. The van der Waals surface area contributed by atoms with E-state index in [-0.39, 0.29) is 12.5 Å². The molecule has 22 heavy (non-hydrogen) atoms. The third-order valence-electron chi connectivity index (χ3n) is 3.08. The van der Waals surface area contributed by atoms with Crippen molar-refractivity contribution in [1.82, 2.24) is 9.66 Å². The zero-order chi connectivity index (χ0) is 16.1. The third kappa shape index (κ3) is 3.09. The van der Waals surface area contributed by atoms with E-state index >= 15 is 0 Å². The van der Waals surface area contributed by atoms with Gasteiger partial charge >= 0.3 is 0 Å². The van der Waals surface area contributed by atoms with Crippen LogP contribution in [0.25, 0.3) is 11.1 Å². The zero-order valence-corrected chi connectivity index (χ0v) is 12.5. The van der Waals surface area contributed by atoms with E-state index in [1.54, 1.807) is 18.3 Å². The molecule has 0 bridgehead atoms. The second-order valence-corrected chi connectivity index (χ2v) is 4.44. The molecule has 0 aromatic carbocycles. The topological polar surface area (TPSA) is 94.9 Å². The first-order valence-electron chi connectivity index (χ1n) is 6.56. The highest BCUT2D eigenvalue weighted by atomic mass is 16.5. The Kier molecular flexibility index (Phi) is 4.80. The molecule has 0 fully saturated rings. The number of Topliss-reactive ketones (excluding diaryl/α,β-unsaturated/α-hetero) is 1. The van der Waals surface area contributed by atoms with Gasteiger partial charge in [-0.1, -0.05) is 0 Å². The van der Waals surface area contributed by atoms with E-state index in [1.807, 2.05) is 6.07 Å². The largest absolute Gasteiger partial charge is 0.481 e. The van der Waals surface area contributed by atoms with Crippen LogP contribution in [0.15, 0.2) is 40.7 Å². The number of ketones is 1. The number of nitrogens with zero attached hydrogens (tertiary/aromatic N) is 4. The van der Waals surface area contributed by atoms with Crippen molar-refractivity contribution in [2.24, 2.45) is 15.8 Å². The molecule has 0 spiro atoms. The summed E-state index contributed by atoms with van der Waals surface area (Å²) < 4.78 is 6.78. The highest BCUT2D eigenvalue weighted by molar-refractivity contribution is 5.95. The Labute approximate surface area is 127 Å². The standard InChI is InChI=1S/C15H17N5O2/c1-10(21)12-6-13(15(22-3)18-8-12)11-4-5-20(17-2)14(7-11)19-9-16/h4-8H,2,9,16H2,1,3H3/b19-14-. The number of hydrogen-bond acceptors (Lipinski definition) is 6. The van der Waals surface area contributed by atoms with E-state index in [2.05, 4.69) is 21.8 Å². The lowest BCUT2D eigenvalue weighted by molar-refractivity contribution is 0.101. The van der Waals surface area contributed by atoms with Gasteiger partial charge in [0.2, 0.25) is 5.88 Å². The smallest absolute Gasteiger partial charge is 0.221 e. The van der Waals surface area contributed by atoms with Crippen LogP contribution in [-0.2, 0) is 0 Å². The molecule has 2 aromatic heterocycles. The molecule has 0 atom stereocenters. The Morgan fingerprint density at radius 3 is 2.86 bits per heavy atom. The highest BCUT2D eigenvalue weighted by Gasteiger charge is 2.11. The molecule has 2 heterocycles. The van der Waals surface area contributed by atoms with Crippen LogP contribution < -0.4 is 16.0 Å². The van der Waals surface area contributed by atoms with Crippen molar-refractivity contribution < 1.29 is 9.53 Å². The number of hydrogen-bond donors (Lipinski definition) is 1. The van der Waals surface area contributed by atoms with Gasteiger partial charge in [0, 0.05) is 30.2 Å². The highest BCUT2D eigenvalue weighted by Crippen LogP contribution is 2.28. The Hall–Kier alpha value is -2.80. The number of carbonyl (C=O) groups is 1. The van der Waals surface area contributed by atoms with Crippen LogP contribution in [0.3, 0.4) is 0 Å². The minimum atomic E-state index is -0.0676. The summed E-state index contributed by atoms with van der Waals surface area (Å²) in [5.41, 5.74) is 8.01. The average molecular weight is 299 g/mol. The first-order chi connectivity index (χ1) is 10.6. The normalized spacial score (nSPS) is 11.3. The molecular formula is C15H17N5O2. The van der Waals surface area contributed by atoms with Crippen LogP contribution in [0, 0.1) is 0 Å². The number of carbonyl (C=O) groups excluding carboxylic acids is 1. The molecule has 2 rings (SSSR count). The maximum Gasteiger partial charge on any atom is 0.221 e. The van der Waals surface area contributed by atoms with Gasteiger partial charge < -0.3 is 10.5 Å². The van der Waals surface area contributed by atoms with E-state index in [0.717, 1.165) is 5.56 Å². The van der Waals surface area contributed by atoms with Crippen molar-refractivity contribution in [2.75, 3.05) is 13.8 Å². The second-order valence-electron chi connectivity index (χ2n) is 4.44. The number of nitrogens with two attached hydrogens (primary N) is 1. The van der Waals surface area contributed by atoms with Gasteiger partial charge in [-0.05, 0) is 30.7 Å².